The standard InChI is InChI=1S/C25H14ClF4NO2/c26-16-8-10-20-18(12-16)22(15-4-2-1-3-5-15)23(24(33)31-20)21(32)11-7-14-6-9-17(27)13-19(14)25(28,29)30/h1-13H,(H,31,33). The van der Waals surface area contributed by atoms with Crippen LogP contribution in [0.25, 0.3) is 28.1 Å². The normalized spacial score (nSPS) is 11.9. The quantitative estimate of drug-likeness (QED) is 0.200. The summed E-state index contributed by atoms with van der Waals surface area (Å²) in [6.45, 7) is 0. The van der Waals surface area contributed by atoms with Gasteiger partial charge in [-0.15, -0.1) is 0 Å². The maximum atomic E-state index is 13.4. The van der Waals surface area contributed by atoms with E-state index < -0.39 is 34.5 Å². The number of halogens is 5. The van der Waals surface area contributed by atoms with Gasteiger partial charge in [-0.3, -0.25) is 9.59 Å². The molecule has 8 heteroatoms. The summed E-state index contributed by atoms with van der Waals surface area (Å²) < 4.78 is 53.2. The van der Waals surface area contributed by atoms with Crippen LogP contribution in [0.1, 0.15) is 21.5 Å². The predicted octanol–water partition coefficient (Wildman–Crippen LogP) is 6.90. The molecule has 0 amide bonds. The number of alkyl halides is 3. The number of aromatic nitrogens is 1. The first-order valence-corrected chi connectivity index (χ1v) is 10.0. The summed E-state index contributed by atoms with van der Waals surface area (Å²) in [5, 5.41) is 0.879. The second-order valence-corrected chi connectivity index (χ2v) is 7.62. The Morgan fingerprint density at radius 1 is 0.970 bits per heavy atom. The Balaban J connectivity index is 1.90. The Morgan fingerprint density at radius 3 is 2.39 bits per heavy atom. The topological polar surface area (TPSA) is 49.9 Å². The molecule has 166 valence electrons. The van der Waals surface area contributed by atoms with Crippen molar-refractivity contribution in [2.75, 3.05) is 0 Å². The number of rotatable bonds is 4. The highest BCUT2D eigenvalue weighted by atomic mass is 35.5. The summed E-state index contributed by atoms with van der Waals surface area (Å²) in [5.41, 5.74) is -1.27. The van der Waals surface area contributed by atoms with Gasteiger partial charge in [-0.05, 0) is 47.5 Å². The number of carbonyl (C=O) groups excluding carboxylic acids is 1. The molecule has 3 aromatic carbocycles. The van der Waals surface area contributed by atoms with Gasteiger partial charge in [0, 0.05) is 21.5 Å². The number of H-pyrrole nitrogens is 1. The van der Waals surface area contributed by atoms with E-state index in [1.54, 1.807) is 48.5 Å². The highest BCUT2D eigenvalue weighted by Gasteiger charge is 2.33. The summed E-state index contributed by atoms with van der Waals surface area (Å²) in [4.78, 5) is 28.6. The molecule has 33 heavy (non-hydrogen) atoms. The molecule has 0 atom stereocenters. The Labute approximate surface area is 190 Å². The van der Waals surface area contributed by atoms with Crippen molar-refractivity contribution in [1.29, 1.82) is 0 Å². The van der Waals surface area contributed by atoms with Crippen molar-refractivity contribution in [1.82, 2.24) is 4.98 Å². The van der Waals surface area contributed by atoms with Crippen molar-refractivity contribution in [2.24, 2.45) is 0 Å². The molecule has 3 nitrogen and oxygen atoms in total. The van der Waals surface area contributed by atoms with Crippen LogP contribution in [0.15, 0.2) is 77.6 Å². The SMILES string of the molecule is O=C(C=Cc1ccc(F)cc1C(F)(F)F)c1c(-c2ccccc2)c2cc(Cl)ccc2[nH]c1=O. The van der Waals surface area contributed by atoms with Crippen LogP contribution in [0.4, 0.5) is 17.6 Å². The van der Waals surface area contributed by atoms with Gasteiger partial charge in [0.15, 0.2) is 5.78 Å². The second-order valence-electron chi connectivity index (χ2n) is 7.19. The molecule has 0 spiro atoms. The van der Waals surface area contributed by atoms with Crippen molar-refractivity contribution in [3.05, 3.63) is 111 Å². The lowest BCUT2D eigenvalue weighted by Gasteiger charge is -2.12. The first-order valence-electron chi connectivity index (χ1n) is 9.65. The van der Waals surface area contributed by atoms with Crippen molar-refractivity contribution in [3.8, 4) is 11.1 Å². The molecule has 1 aromatic heterocycles. The van der Waals surface area contributed by atoms with Gasteiger partial charge in [-0.25, -0.2) is 4.39 Å². The summed E-state index contributed by atoms with van der Waals surface area (Å²) >= 11 is 6.14. The number of ketones is 1. The molecule has 1 heterocycles. The number of pyridine rings is 1. The van der Waals surface area contributed by atoms with Gasteiger partial charge in [0.1, 0.15) is 5.82 Å². The summed E-state index contributed by atoms with van der Waals surface area (Å²) in [6.07, 6.45) is -3.03. The van der Waals surface area contributed by atoms with Crippen LogP contribution >= 0.6 is 11.6 Å². The molecule has 0 saturated heterocycles. The van der Waals surface area contributed by atoms with Crippen LogP contribution in [0.5, 0.6) is 0 Å². The zero-order chi connectivity index (χ0) is 23.8. The lowest BCUT2D eigenvalue weighted by Crippen LogP contribution is -2.18. The van der Waals surface area contributed by atoms with E-state index in [4.69, 9.17) is 11.6 Å². The molecule has 4 rings (SSSR count). The molecule has 0 radical (unpaired) electrons. The Morgan fingerprint density at radius 2 is 1.70 bits per heavy atom. The number of hydrogen-bond acceptors (Lipinski definition) is 2. The molecule has 1 N–H and O–H groups in total. The third-order valence-electron chi connectivity index (χ3n) is 5.02. The third kappa shape index (κ3) is 4.59. The van der Waals surface area contributed by atoms with Crippen molar-refractivity contribution < 1.29 is 22.4 Å². The molecule has 0 bridgehead atoms. The largest absolute Gasteiger partial charge is 0.417 e. The van der Waals surface area contributed by atoms with E-state index in [2.05, 4.69) is 4.98 Å². The molecule has 0 aliphatic heterocycles. The Hall–Kier alpha value is -3.71. The number of benzene rings is 3. The fourth-order valence-electron chi connectivity index (χ4n) is 3.57. The minimum absolute atomic E-state index is 0.247. The molecular weight excluding hydrogens is 458 g/mol. The maximum Gasteiger partial charge on any atom is 0.417 e. The first-order chi connectivity index (χ1) is 15.6. The van der Waals surface area contributed by atoms with Gasteiger partial charge in [0.05, 0.1) is 11.1 Å². The summed E-state index contributed by atoms with van der Waals surface area (Å²) in [5.74, 6) is -1.87. The predicted molar refractivity (Wildman–Crippen MR) is 120 cm³/mol. The monoisotopic (exact) mass is 471 g/mol. The van der Waals surface area contributed by atoms with E-state index in [-0.39, 0.29) is 5.56 Å². The van der Waals surface area contributed by atoms with Gasteiger partial charge in [-0.2, -0.15) is 13.2 Å². The lowest BCUT2D eigenvalue weighted by molar-refractivity contribution is -0.137. The zero-order valence-electron chi connectivity index (χ0n) is 16.7. The molecule has 4 aromatic rings. The molecule has 0 saturated carbocycles. The van der Waals surface area contributed by atoms with Crippen LogP contribution in [0, 0.1) is 5.82 Å². The number of allylic oxidation sites excluding steroid dienone is 1. The highest BCUT2D eigenvalue weighted by molar-refractivity contribution is 6.31. The van der Waals surface area contributed by atoms with Crippen molar-refractivity contribution >= 4 is 34.4 Å². The van der Waals surface area contributed by atoms with Gasteiger partial charge in [0.2, 0.25) is 0 Å². The minimum atomic E-state index is -4.82. The third-order valence-corrected chi connectivity index (χ3v) is 5.26. The average Bonchev–Trinajstić information content (AvgIpc) is 2.77. The number of carbonyl (C=O) groups is 1. The smallest absolute Gasteiger partial charge is 0.321 e. The van der Waals surface area contributed by atoms with Gasteiger partial charge in [-0.1, -0.05) is 54.1 Å². The molecule has 0 aliphatic carbocycles. The van der Waals surface area contributed by atoms with Crippen molar-refractivity contribution in [3.63, 3.8) is 0 Å². The van der Waals surface area contributed by atoms with E-state index in [0.717, 1.165) is 24.3 Å². The van der Waals surface area contributed by atoms with Gasteiger partial charge in [0.25, 0.3) is 5.56 Å². The highest BCUT2D eigenvalue weighted by Crippen LogP contribution is 2.34. The molecule has 0 unspecified atom stereocenters. The number of hydrogen-bond donors (Lipinski definition) is 1. The van der Waals surface area contributed by atoms with E-state index in [0.29, 0.717) is 33.1 Å². The number of fused-ring (bicyclic) bond motifs is 1. The van der Waals surface area contributed by atoms with E-state index in [1.165, 1.54) is 0 Å². The Kier molecular flexibility index (Phi) is 5.91. The summed E-state index contributed by atoms with van der Waals surface area (Å²) in [7, 11) is 0. The fraction of sp³-hybridized carbons (Fsp3) is 0.0400. The zero-order valence-corrected chi connectivity index (χ0v) is 17.5. The minimum Gasteiger partial charge on any atom is -0.321 e. The summed E-state index contributed by atoms with van der Waals surface area (Å²) in [6, 6.07) is 15.5. The van der Waals surface area contributed by atoms with Crippen molar-refractivity contribution in [2.45, 2.75) is 6.18 Å². The van der Waals surface area contributed by atoms with Crippen LogP contribution in [0.3, 0.4) is 0 Å². The van der Waals surface area contributed by atoms with E-state index in [9.17, 15) is 27.2 Å². The lowest BCUT2D eigenvalue weighted by atomic mass is 9.93. The first kappa shape index (κ1) is 22.5. The van der Waals surface area contributed by atoms with E-state index >= 15 is 0 Å². The van der Waals surface area contributed by atoms with Gasteiger partial charge >= 0.3 is 6.18 Å². The van der Waals surface area contributed by atoms with Crippen LogP contribution in [0.2, 0.25) is 5.02 Å². The Bertz CT molecular complexity index is 1460. The maximum absolute atomic E-state index is 13.4. The van der Waals surface area contributed by atoms with Crippen LogP contribution in [-0.2, 0) is 6.18 Å². The van der Waals surface area contributed by atoms with Crippen LogP contribution < -0.4 is 5.56 Å². The second kappa shape index (κ2) is 8.67. The van der Waals surface area contributed by atoms with E-state index in [1.807, 2.05) is 0 Å². The number of nitrogens with one attached hydrogen (secondary N) is 1. The fourth-order valence-corrected chi connectivity index (χ4v) is 3.75. The van der Waals surface area contributed by atoms with Gasteiger partial charge < -0.3 is 4.98 Å². The average molecular weight is 472 g/mol. The van der Waals surface area contributed by atoms with Crippen LogP contribution in [-0.4, -0.2) is 10.8 Å². The number of aromatic amines is 1. The molecule has 0 aliphatic rings. The molecular formula is C25H14ClF4NO2. The molecule has 0 fully saturated rings.